The van der Waals surface area contributed by atoms with Crippen LogP contribution in [0.4, 0.5) is 44.6 Å². The number of anilines is 3. The number of hydrogen-bond donors (Lipinski definition) is 6. The van der Waals surface area contributed by atoms with Gasteiger partial charge in [0.2, 0.25) is 5.91 Å². The van der Waals surface area contributed by atoms with Gasteiger partial charge in [-0.1, -0.05) is 24.3 Å². The molecule has 14 nitrogen and oxygen atoms in total. The summed E-state index contributed by atoms with van der Waals surface area (Å²) in [6.45, 7) is 1.41. The highest BCUT2D eigenvalue weighted by molar-refractivity contribution is 7.86. The molecule has 50 heavy (non-hydrogen) atoms. The lowest BCUT2D eigenvalue weighted by atomic mass is 10.1. The number of carbonyl (C=O) groups excluding carboxylic acids is 2. The molecule has 0 aliphatic rings. The second kappa shape index (κ2) is 13.8. The monoisotopic (exact) mass is 689 g/mol. The molecule has 6 N–H and O–H groups in total. The van der Waals surface area contributed by atoms with Crippen molar-refractivity contribution in [1.82, 2.24) is 0 Å². The predicted octanol–water partition coefficient (Wildman–Crippen LogP) is 9.08. The van der Waals surface area contributed by atoms with Crippen molar-refractivity contribution in [3.63, 3.8) is 0 Å². The average molecular weight is 690 g/mol. The summed E-state index contributed by atoms with van der Waals surface area (Å²) in [7, 11) is -4.83. The van der Waals surface area contributed by atoms with Crippen LogP contribution >= 0.6 is 0 Å². The molecule has 0 saturated heterocycles. The van der Waals surface area contributed by atoms with Crippen LogP contribution < -0.4 is 16.0 Å². The Bertz CT molecular complexity index is 2450. The number of benzene rings is 6. The first-order chi connectivity index (χ1) is 23.9. The largest absolute Gasteiger partial charge is 0.505 e. The van der Waals surface area contributed by atoms with E-state index in [-0.39, 0.29) is 33.8 Å². The van der Waals surface area contributed by atoms with Crippen LogP contribution in [-0.4, -0.2) is 35.1 Å². The Balaban J connectivity index is 1.18. The van der Waals surface area contributed by atoms with Crippen molar-refractivity contribution in [1.29, 1.82) is 0 Å². The Kier molecular flexibility index (Phi) is 9.16. The van der Waals surface area contributed by atoms with Crippen molar-refractivity contribution in [2.75, 3.05) is 16.0 Å². The first kappa shape index (κ1) is 33.2. The molecule has 0 aromatic heterocycles. The van der Waals surface area contributed by atoms with Crippen molar-refractivity contribution >= 4 is 83.4 Å². The zero-order valence-corrected chi connectivity index (χ0v) is 26.9. The molecule has 0 heterocycles. The van der Waals surface area contributed by atoms with Crippen LogP contribution in [0.1, 0.15) is 6.92 Å². The fraction of sp³-hybridized carbons (Fsp3) is 0.0286. The van der Waals surface area contributed by atoms with Crippen LogP contribution in [0.3, 0.4) is 0 Å². The van der Waals surface area contributed by atoms with Crippen molar-refractivity contribution in [3.8, 4) is 11.5 Å². The zero-order chi connectivity index (χ0) is 35.4. The van der Waals surface area contributed by atoms with Crippen molar-refractivity contribution in [3.05, 3.63) is 109 Å². The van der Waals surface area contributed by atoms with E-state index in [9.17, 15) is 32.8 Å². The number of nitrogens with one attached hydrogen (secondary N) is 3. The number of phenols is 2. The van der Waals surface area contributed by atoms with Gasteiger partial charge in [0.05, 0.1) is 11.4 Å². The minimum absolute atomic E-state index is 0.106. The number of hydrogen-bond acceptors (Lipinski definition) is 10. The Morgan fingerprint density at radius 1 is 0.600 bits per heavy atom. The highest BCUT2D eigenvalue weighted by Gasteiger charge is 2.22. The Morgan fingerprint density at radius 2 is 1.18 bits per heavy atom. The van der Waals surface area contributed by atoms with Crippen molar-refractivity contribution in [2.24, 2.45) is 20.5 Å². The second-order valence-electron chi connectivity index (χ2n) is 10.9. The summed E-state index contributed by atoms with van der Waals surface area (Å²) in [6.07, 6.45) is 0. The lowest BCUT2D eigenvalue weighted by Crippen LogP contribution is -2.19. The number of urea groups is 1. The van der Waals surface area contributed by atoms with Crippen LogP contribution in [0.5, 0.6) is 11.5 Å². The molecule has 0 atom stereocenters. The quantitative estimate of drug-likeness (QED) is 0.0672. The van der Waals surface area contributed by atoms with Crippen LogP contribution in [0.2, 0.25) is 0 Å². The van der Waals surface area contributed by atoms with Crippen molar-refractivity contribution < 1.29 is 32.8 Å². The van der Waals surface area contributed by atoms with E-state index >= 15 is 0 Å². The summed E-state index contributed by atoms with van der Waals surface area (Å²) in [5.74, 6) is -0.818. The highest BCUT2D eigenvalue weighted by Crippen LogP contribution is 2.42. The molecule has 0 unspecified atom stereocenters. The number of nitrogens with zero attached hydrogens (tertiary/aromatic N) is 4. The van der Waals surface area contributed by atoms with E-state index in [4.69, 9.17) is 0 Å². The summed E-state index contributed by atoms with van der Waals surface area (Å²) in [4.78, 5) is 23.4. The van der Waals surface area contributed by atoms with Crippen LogP contribution in [-0.2, 0) is 14.9 Å². The molecule has 0 aliphatic heterocycles. The van der Waals surface area contributed by atoms with Gasteiger partial charge in [-0.2, -0.15) is 18.6 Å². The Morgan fingerprint density at radius 3 is 1.82 bits per heavy atom. The van der Waals surface area contributed by atoms with Gasteiger partial charge < -0.3 is 26.2 Å². The van der Waals surface area contributed by atoms with Crippen LogP contribution in [0, 0.1) is 0 Å². The van der Waals surface area contributed by atoms with Gasteiger partial charge in [0, 0.05) is 34.8 Å². The molecular weight excluding hydrogens is 662 g/mol. The van der Waals surface area contributed by atoms with E-state index in [0.29, 0.717) is 33.5 Å². The van der Waals surface area contributed by atoms with Gasteiger partial charge in [-0.3, -0.25) is 9.35 Å². The second-order valence-corrected chi connectivity index (χ2v) is 12.3. The number of azo groups is 2. The minimum Gasteiger partial charge on any atom is -0.505 e. The van der Waals surface area contributed by atoms with Gasteiger partial charge >= 0.3 is 6.03 Å². The number of amides is 3. The molecule has 6 rings (SSSR count). The maximum atomic E-state index is 12.9. The third-order valence-corrected chi connectivity index (χ3v) is 8.16. The fourth-order valence-corrected chi connectivity index (χ4v) is 5.66. The Labute approximate surface area is 284 Å². The van der Waals surface area contributed by atoms with E-state index in [1.54, 1.807) is 84.9 Å². The molecule has 6 aromatic rings. The smallest absolute Gasteiger partial charge is 0.323 e. The van der Waals surface area contributed by atoms with Crippen molar-refractivity contribution in [2.45, 2.75) is 11.8 Å². The van der Waals surface area contributed by atoms with E-state index in [2.05, 4.69) is 36.4 Å². The molecule has 0 bridgehead atoms. The van der Waals surface area contributed by atoms with E-state index < -0.39 is 32.5 Å². The number of rotatable bonds is 8. The van der Waals surface area contributed by atoms with Gasteiger partial charge in [-0.05, 0) is 95.7 Å². The number of carbonyl (C=O) groups is 2. The number of phenolic OH excluding ortho intramolecular Hbond substituents is 2. The van der Waals surface area contributed by atoms with E-state index in [1.807, 2.05) is 0 Å². The normalized spacial score (nSPS) is 11.7. The molecule has 0 radical (unpaired) electrons. The SMILES string of the molecule is CC(=O)Nc1ccc(/N=N/c2ccc3cc(NC(=O)Nc4ccc5c(O)c(/N=N/c6ccccc6)c(S(=O)(=O)O)cc5c4)ccc3c2O)cc1. The summed E-state index contributed by atoms with van der Waals surface area (Å²) in [5, 5.41) is 47.4. The average Bonchev–Trinajstić information content (AvgIpc) is 3.08. The molecule has 0 aliphatic carbocycles. The minimum atomic E-state index is -4.83. The van der Waals surface area contributed by atoms with E-state index in [1.165, 1.54) is 25.1 Å². The van der Waals surface area contributed by atoms with E-state index in [0.717, 1.165) is 6.07 Å². The molecule has 0 fully saturated rings. The van der Waals surface area contributed by atoms with Gasteiger partial charge in [0.1, 0.15) is 16.3 Å². The van der Waals surface area contributed by atoms with Crippen LogP contribution in [0.25, 0.3) is 21.5 Å². The maximum absolute atomic E-state index is 12.9. The molecule has 3 amide bonds. The summed E-state index contributed by atoms with van der Waals surface area (Å²) in [5.41, 5.74) is 1.99. The third-order valence-electron chi connectivity index (χ3n) is 7.30. The maximum Gasteiger partial charge on any atom is 0.323 e. The first-order valence-corrected chi connectivity index (χ1v) is 16.3. The van der Waals surface area contributed by atoms with Gasteiger partial charge in [-0.15, -0.1) is 10.2 Å². The number of aromatic hydroxyl groups is 2. The molecule has 15 heteroatoms. The first-order valence-electron chi connectivity index (χ1n) is 14.8. The van der Waals surface area contributed by atoms with Gasteiger partial charge in [0.15, 0.2) is 11.5 Å². The third kappa shape index (κ3) is 7.54. The summed E-state index contributed by atoms with van der Waals surface area (Å²) >= 11 is 0. The molecule has 250 valence electrons. The molecule has 0 saturated carbocycles. The lowest BCUT2D eigenvalue weighted by Gasteiger charge is -2.12. The standard InChI is InChI=1S/C35H27N7O7S/c1-20(43)36-23-8-10-25(11-9-23)39-41-30-16-7-21-17-26(12-14-28(21)33(30)44)37-35(46)38-27-13-15-29-22(18-27)19-31(50(47,48)49)32(34(29)45)42-40-24-5-3-2-4-6-24/h2-19,44-45H,1H3,(H,36,43)(H2,37,38,46)(H,47,48,49)/b41-39+,42-40+. The molecule has 6 aromatic carbocycles. The van der Waals surface area contributed by atoms with Gasteiger partial charge in [-0.25, -0.2) is 4.79 Å². The summed E-state index contributed by atoms with van der Waals surface area (Å²) in [6, 6.07) is 28.2. The summed E-state index contributed by atoms with van der Waals surface area (Å²) < 4.78 is 34.3. The molecule has 0 spiro atoms. The fourth-order valence-electron chi connectivity index (χ4n) is 5.01. The van der Waals surface area contributed by atoms with Crippen LogP contribution in [0.15, 0.2) is 135 Å². The predicted molar refractivity (Wildman–Crippen MR) is 189 cm³/mol. The highest BCUT2D eigenvalue weighted by atomic mass is 32.2. The number of fused-ring (bicyclic) bond motifs is 2. The Hall–Kier alpha value is -6.71. The molecular formula is C35H27N7O7S. The zero-order valence-electron chi connectivity index (χ0n) is 26.1. The lowest BCUT2D eigenvalue weighted by molar-refractivity contribution is -0.114. The van der Waals surface area contributed by atoms with Gasteiger partial charge in [0.25, 0.3) is 10.1 Å². The topological polar surface area (TPSA) is 214 Å².